The molecular formula is C26H26F2N4O3. The third-order valence-corrected chi connectivity index (χ3v) is 6.36. The Morgan fingerprint density at radius 2 is 2.03 bits per heavy atom. The average molecular weight is 481 g/mol. The summed E-state index contributed by atoms with van der Waals surface area (Å²) in [6, 6.07) is 13.2. The summed E-state index contributed by atoms with van der Waals surface area (Å²) in [6.45, 7) is 3.78. The van der Waals surface area contributed by atoms with E-state index in [1.807, 2.05) is 11.8 Å². The summed E-state index contributed by atoms with van der Waals surface area (Å²) < 4.78 is 37.8. The van der Waals surface area contributed by atoms with Crippen LogP contribution >= 0.6 is 0 Å². The monoisotopic (exact) mass is 480 g/mol. The molecule has 0 spiro atoms. The largest absolute Gasteiger partial charge is 0.491 e. The lowest BCUT2D eigenvalue weighted by atomic mass is 10.0. The minimum atomic E-state index is -0.958. The summed E-state index contributed by atoms with van der Waals surface area (Å²) in [5.74, 6) is -1.26. The van der Waals surface area contributed by atoms with Gasteiger partial charge in [-0.05, 0) is 55.2 Å². The summed E-state index contributed by atoms with van der Waals surface area (Å²) in [5.41, 5.74) is 3.89. The smallest absolute Gasteiger partial charge is 0.272 e. The molecule has 182 valence electrons. The second kappa shape index (κ2) is 9.95. The van der Waals surface area contributed by atoms with Crippen molar-refractivity contribution in [3.63, 3.8) is 0 Å². The van der Waals surface area contributed by atoms with Crippen molar-refractivity contribution in [2.45, 2.75) is 31.9 Å². The van der Waals surface area contributed by atoms with Gasteiger partial charge >= 0.3 is 0 Å². The number of ether oxygens (including phenoxy) is 2. The van der Waals surface area contributed by atoms with Gasteiger partial charge in [-0.25, -0.2) is 8.78 Å². The number of aromatic nitrogens is 2. The second-order valence-electron chi connectivity index (χ2n) is 8.87. The molecule has 9 heteroatoms. The van der Waals surface area contributed by atoms with E-state index in [2.05, 4.69) is 33.7 Å². The molecule has 1 aliphatic carbocycles. The van der Waals surface area contributed by atoms with Crippen LogP contribution in [0.1, 0.15) is 39.6 Å². The normalized spacial score (nSPS) is 19.3. The molecule has 1 saturated heterocycles. The van der Waals surface area contributed by atoms with Crippen molar-refractivity contribution in [1.29, 1.82) is 0 Å². The molecule has 2 unspecified atom stereocenters. The quantitative estimate of drug-likeness (QED) is 0.579. The van der Waals surface area contributed by atoms with Crippen molar-refractivity contribution in [2.24, 2.45) is 0 Å². The predicted octanol–water partition coefficient (Wildman–Crippen LogP) is 3.76. The number of fused-ring (bicyclic) bond motifs is 1. The molecule has 0 saturated carbocycles. The summed E-state index contributed by atoms with van der Waals surface area (Å²) in [4.78, 5) is 14.8. The lowest BCUT2D eigenvalue weighted by Crippen LogP contribution is -2.45. The van der Waals surface area contributed by atoms with Gasteiger partial charge in [0.2, 0.25) is 0 Å². The number of rotatable bonds is 6. The highest BCUT2D eigenvalue weighted by Crippen LogP contribution is 2.32. The topological polar surface area (TPSA) is 76.6 Å². The Balaban J connectivity index is 1.17. The first-order chi connectivity index (χ1) is 17.0. The van der Waals surface area contributed by atoms with Crippen LogP contribution in [0.2, 0.25) is 0 Å². The first kappa shape index (κ1) is 23.2. The molecule has 1 aliphatic heterocycles. The van der Waals surface area contributed by atoms with E-state index in [4.69, 9.17) is 9.47 Å². The number of halogens is 2. The van der Waals surface area contributed by atoms with Crippen molar-refractivity contribution in [2.75, 3.05) is 31.2 Å². The molecule has 35 heavy (non-hydrogen) atoms. The van der Waals surface area contributed by atoms with E-state index in [9.17, 15) is 13.6 Å². The van der Waals surface area contributed by atoms with E-state index < -0.39 is 11.6 Å². The minimum absolute atomic E-state index is 0.0199. The molecule has 1 aromatic heterocycles. The fraction of sp³-hybridized carbons (Fsp3) is 0.346. The van der Waals surface area contributed by atoms with Gasteiger partial charge in [-0.3, -0.25) is 4.79 Å². The SMILES string of the molecule is Cc1ccc2c(c1)C(NC(=O)c1ccc(N3CCOC(COc4ccc(F)c(F)c4)C3)nn1)CC2. The number of nitrogens with zero attached hydrogens (tertiary/aromatic N) is 3. The van der Waals surface area contributed by atoms with E-state index in [-0.39, 0.29) is 36.1 Å². The zero-order valence-corrected chi connectivity index (χ0v) is 19.3. The van der Waals surface area contributed by atoms with E-state index >= 15 is 0 Å². The van der Waals surface area contributed by atoms with E-state index in [1.165, 1.54) is 22.8 Å². The standard InChI is InChI=1S/C26H26F2N4O3/c1-16-2-3-17-4-7-23(20(17)12-16)29-26(33)24-8-9-25(31-30-24)32-10-11-34-19(14-32)15-35-18-5-6-21(27)22(28)13-18/h2-3,5-6,8-9,12-13,19,23H,4,7,10-11,14-15H2,1H3,(H,29,33). The molecule has 0 radical (unpaired) electrons. The maximum atomic E-state index is 13.4. The van der Waals surface area contributed by atoms with Crippen LogP contribution < -0.4 is 15.0 Å². The number of hydrogen-bond donors (Lipinski definition) is 1. The Labute approximate surface area is 202 Å². The predicted molar refractivity (Wildman–Crippen MR) is 126 cm³/mol. The Kier molecular flexibility index (Phi) is 6.59. The molecule has 2 heterocycles. The van der Waals surface area contributed by atoms with Crippen LogP contribution in [-0.2, 0) is 11.2 Å². The van der Waals surface area contributed by atoms with E-state index in [0.717, 1.165) is 25.0 Å². The van der Waals surface area contributed by atoms with Gasteiger partial charge in [0.05, 0.1) is 12.6 Å². The summed E-state index contributed by atoms with van der Waals surface area (Å²) in [5, 5.41) is 11.5. The molecule has 5 rings (SSSR count). The number of carbonyl (C=O) groups excluding carboxylic acids is 1. The molecule has 2 aliphatic rings. The van der Waals surface area contributed by atoms with Gasteiger partial charge in [0.25, 0.3) is 5.91 Å². The van der Waals surface area contributed by atoms with Crippen LogP contribution in [-0.4, -0.2) is 48.5 Å². The molecule has 1 N–H and O–H groups in total. The van der Waals surface area contributed by atoms with Crippen LogP contribution in [0.3, 0.4) is 0 Å². The summed E-state index contributed by atoms with van der Waals surface area (Å²) in [7, 11) is 0. The lowest BCUT2D eigenvalue weighted by Gasteiger charge is -2.33. The van der Waals surface area contributed by atoms with Crippen LogP contribution in [0.4, 0.5) is 14.6 Å². The number of anilines is 1. The Morgan fingerprint density at radius 1 is 1.14 bits per heavy atom. The summed E-state index contributed by atoms with van der Waals surface area (Å²) >= 11 is 0. The number of morpholine rings is 1. The van der Waals surface area contributed by atoms with Crippen molar-refractivity contribution in [3.05, 3.63) is 82.5 Å². The van der Waals surface area contributed by atoms with Gasteiger partial charge in [0.15, 0.2) is 23.1 Å². The number of aryl methyl sites for hydroxylation is 2. The maximum Gasteiger partial charge on any atom is 0.272 e. The van der Waals surface area contributed by atoms with Crippen LogP contribution in [0.15, 0.2) is 48.5 Å². The maximum absolute atomic E-state index is 13.4. The Morgan fingerprint density at radius 3 is 2.83 bits per heavy atom. The van der Waals surface area contributed by atoms with Crippen LogP contribution in [0.25, 0.3) is 0 Å². The van der Waals surface area contributed by atoms with Crippen molar-refractivity contribution in [3.8, 4) is 5.75 Å². The Bertz CT molecular complexity index is 1220. The fourth-order valence-electron chi connectivity index (χ4n) is 4.50. The number of nitrogens with one attached hydrogen (secondary N) is 1. The van der Waals surface area contributed by atoms with Gasteiger partial charge in [-0.15, -0.1) is 10.2 Å². The Hall–Kier alpha value is -3.59. The highest BCUT2D eigenvalue weighted by molar-refractivity contribution is 5.92. The molecule has 2 aromatic carbocycles. The second-order valence-corrected chi connectivity index (χ2v) is 8.87. The minimum Gasteiger partial charge on any atom is -0.491 e. The van der Waals surface area contributed by atoms with Gasteiger partial charge < -0.3 is 19.7 Å². The van der Waals surface area contributed by atoms with E-state index in [1.54, 1.807) is 12.1 Å². The van der Waals surface area contributed by atoms with Crippen molar-refractivity contribution < 1.29 is 23.0 Å². The zero-order valence-electron chi connectivity index (χ0n) is 19.3. The van der Waals surface area contributed by atoms with E-state index in [0.29, 0.717) is 25.5 Å². The number of amides is 1. The average Bonchev–Trinajstić information content (AvgIpc) is 3.26. The first-order valence-corrected chi connectivity index (χ1v) is 11.6. The molecule has 7 nitrogen and oxygen atoms in total. The third-order valence-electron chi connectivity index (χ3n) is 6.36. The van der Waals surface area contributed by atoms with Gasteiger partial charge in [-0.2, -0.15) is 0 Å². The summed E-state index contributed by atoms with van der Waals surface area (Å²) in [6.07, 6.45) is 1.54. The molecule has 1 fully saturated rings. The van der Waals surface area contributed by atoms with Crippen LogP contribution in [0.5, 0.6) is 5.75 Å². The lowest BCUT2D eigenvalue weighted by molar-refractivity contribution is 0.00991. The number of carbonyl (C=O) groups is 1. The van der Waals surface area contributed by atoms with Gasteiger partial charge in [0, 0.05) is 19.2 Å². The van der Waals surface area contributed by atoms with Crippen LogP contribution in [0, 0.1) is 18.6 Å². The molecule has 3 aromatic rings. The molecular weight excluding hydrogens is 454 g/mol. The number of hydrogen-bond acceptors (Lipinski definition) is 6. The zero-order chi connectivity index (χ0) is 24.4. The molecule has 0 bridgehead atoms. The number of benzene rings is 2. The third kappa shape index (κ3) is 5.24. The molecule has 2 atom stereocenters. The first-order valence-electron chi connectivity index (χ1n) is 11.6. The highest BCUT2D eigenvalue weighted by Gasteiger charge is 2.26. The highest BCUT2D eigenvalue weighted by atomic mass is 19.2. The molecule has 1 amide bonds. The fourth-order valence-corrected chi connectivity index (χ4v) is 4.50. The van der Waals surface area contributed by atoms with Gasteiger partial charge in [0.1, 0.15) is 18.5 Å². The van der Waals surface area contributed by atoms with Crippen molar-refractivity contribution >= 4 is 11.7 Å². The van der Waals surface area contributed by atoms with Crippen molar-refractivity contribution in [1.82, 2.24) is 15.5 Å². The van der Waals surface area contributed by atoms with Gasteiger partial charge in [-0.1, -0.05) is 23.8 Å².